The Bertz CT molecular complexity index is 245. The quantitative estimate of drug-likeness (QED) is 0.725. The molecule has 13 heavy (non-hydrogen) atoms. The van der Waals surface area contributed by atoms with Crippen LogP contribution in [0.2, 0.25) is 0 Å². The van der Waals surface area contributed by atoms with Crippen molar-refractivity contribution in [2.75, 3.05) is 27.3 Å². The molecule has 0 aromatic carbocycles. The van der Waals surface area contributed by atoms with Crippen LogP contribution in [-0.4, -0.2) is 32.2 Å². The first kappa shape index (κ1) is 10.7. The fraction of sp³-hybridized carbons (Fsp3) is 0.600. The number of hydrogen-bond donors (Lipinski definition) is 1. The fourth-order valence-corrected chi connectivity index (χ4v) is 2.20. The minimum absolute atomic E-state index is 0.963. The third-order valence-corrected chi connectivity index (χ3v) is 3.20. The average molecular weight is 198 g/mol. The van der Waals surface area contributed by atoms with Crippen LogP contribution in [0.3, 0.4) is 0 Å². The summed E-state index contributed by atoms with van der Waals surface area (Å²) in [7, 11) is 4.12. The number of hydrogen-bond acceptors (Lipinski definition) is 3. The minimum Gasteiger partial charge on any atom is -0.307 e. The Kier molecular flexibility index (Phi) is 4.42. The van der Waals surface area contributed by atoms with E-state index in [1.807, 2.05) is 18.4 Å². The van der Waals surface area contributed by atoms with Crippen molar-refractivity contribution in [1.29, 1.82) is 0 Å². The van der Waals surface area contributed by atoms with Crippen LogP contribution in [0.1, 0.15) is 10.4 Å². The van der Waals surface area contributed by atoms with E-state index < -0.39 is 0 Å². The van der Waals surface area contributed by atoms with Gasteiger partial charge in [-0.3, -0.25) is 4.90 Å². The van der Waals surface area contributed by atoms with E-state index in [0.717, 1.165) is 13.2 Å². The van der Waals surface area contributed by atoms with Crippen LogP contribution >= 0.6 is 11.3 Å². The van der Waals surface area contributed by atoms with Gasteiger partial charge in [-0.25, -0.2) is 0 Å². The summed E-state index contributed by atoms with van der Waals surface area (Å²) in [6.07, 6.45) is 1.17. The lowest BCUT2D eigenvalue weighted by atomic mass is 10.2. The van der Waals surface area contributed by atoms with E-state index in [-0.39, 0.29) is 0 Å². The molecule has 1 aromatic rings. The monoisotopic (exact) mass is 198 g/mol. The Balaban J connectivity index is 2.30. The van der Waals surface area contributed by atoms with Crippen molar-refractivity contribution in [3.05, 3.63) is 21.9 Å². The number of nitrogens with one attached hydrogen (secondary N) is 1. The molecule has 0 bridgehead atoms. The van der Waals surface area contributed by atoms with Crippen molar-refractivity contribution in [3.8, 4) is 0 Å². The van der Waals surface area contributed by atoms with E-state index in [0.29, 0.717) is 0 Å². The maximum Gasteiger partial charge on any atom is 0.0475 e. The topological polar surface area (TPSA) is 15.3 Å². The van der Waals surface area contributed by atoms with Crippen LogP contribution in [0.15, 0.2) is 11.4 Å². The summed E-state index contributed by atoms with van der Waals surface area (Å²) in [4.78, 5) is 3.81. The molecule has 0 saturated carbocycles. The Morgan fingerprint density at radius 3 is 2.85 bits per heavy atom. The maximum absolute atomic E-state index is 3.14. The molecule has 2 nitrogen and oxygen atoms in total. The van der Waals surface area contributed by atoms with E-state index in [4.69, 9.17) is 0 Å². The van der Waals surface area contributed by atoms with Gasteiger partial charge in [-0.2, -0.15) is 0 Å². The first-order valence-corrected chi connectivity index (χ1v) is 5.48. The first-order chi connectivity index (χ1) is 6.24. The lowest BCUT2D eigenvalue weighted by Crippen LogP contribution is -2.30. The molecule has 0 aliphatic carbocycles. The standard InChI is InChI=1S/C10H18N2S/c1-9-5-7-13-10(9)4-6-12(3)8-11-2/h5,7,11H,4,6,8H2,1-3H3. The van der Waals surface area contributed by atoms with E-state index in [2.05, 4.69) is 35.6 Å². The lowest BCUT2D eigenvalue weighted by molar-refractivity contribution is 0.322. The number of aryl methyl sites for hydroxylation is 1. The van der Waals surface area contributed by atoms with E-state index in [1.165, 1.54) is 16.9 Å². The molecule has 0 amide bonds. The SMILES string of the molecule is CNCN(C)CCc1sccc1C. The van der Waals surface area contributed by atoms with Gasteiger partial charge in [0.1, 0.15) is 0 Å². The molecule has 0 fully saturated rings. The predicted octanol–water partition coefficient (Wildman–Crippen LogP) is 1.71. The molecular weight excluding hydrogens is 180 g/mol. The maximum atomic E-state index is 3.14. The molecule has 1 heterocycles. The zero-order valence-corrected chi connectivity index (χ0v) is 9.45. The zero-order valence-electron chi connectivity index (χ0n) is 8.63. The molecular formula is C10H18N2S. The summed E-state index contributed by atoms with van der Waals surface area (Å²) in [5.74, 6) is 0. The summed E-state index contributed by atoms with van der Waals surface area (Å²) in [5, 5.41) is 5.31. The first-order valence-electron chi connectivity index (χ1n) is 4.60. The van der Waals surface area contributed by atoms with Crippen molar-refractivity contribution in [3.63, 3.8) is 0 Å². The molecule has 0 unspecified atom stereocenters. The van der Waals surface area contributed by atoms with Crippen LogP contribution in [-0.2, 0) is 6.42 Å². The highest BCUT2D eigenvalue weighted by atomic mass is 32.1. The summed E-state index contributed by atoms with van der Waals surface area (Å²) in [6, 6.07) is 2.19. The van der Waals surface area contributed by atoms with Crippen molar-refractivity contribution in [1.82, 2.24) is 10.2 Å². The van der Waals surface area contributed by atoms with Crippen LogP contribution in [0.5, 0.6) is 0 Å². The van der Waals surface area contributed by atoms with Crippen molar-refractivity contribution < 1.29 is 0 Å². The minimum atomic E-state index is 0.963. The second kappa shape index (κ2) is 5.37. The molecule has 0 aliphatic heterocycles. The van der Waals surface area contributed by atoms with Gasteiger partial charge in [-0.05, 0) is 44.4 Å². The lowest BCUT2D eigenvalue weighted by Gasteiger charge is -2.15. The van der Waals surface area contributed by atoms with Gasteiger partial charge in [0.25, 0.3) is 0 Å². The number of thiophene rings is 1. The summed E-state index contributed by atoms with van der Waals surface area (Å²) >= 11 is 1.86. The van der Waals surface area contributed by atoms with E-state index in [1.54, 1.807) is 0 Å². The second-order valence-corrected chi connectivity index (χ2v) is 4.37. The molecule has 0 spiro atoms. The van der Waals surface area contributed by atoms with Crippen LogP contribution in [0, 0.1) is 6.92 Å². The van der Waals surface area contributed by atoms with Crippen LogP contribution in [0.4, 0.5) is 0 Å². The van der Waals surface area contributed by atoms with E-state index >= 15 is 0 Å². The Labute approximate surface area is 84.6 Å². The fourth-order valence-electron chi connectivity index (χ4n) is 1.30. The van der Waals surface area contributed by atoms with E-state index in [9.17, 15) is 0 Å². The zero-order chi connectivity index (χ0) is 9.68. The van der Waals surface area contributed by atoms with Crippen molar-refractivity contribution in [2.45, 2.75) is 13.3 Å². The van der Waals surface area contributed by atoms with Crippen LogP contribution in [0.25, 0.3) is 0 Å². The Morgan fingerprint density at radius 2 is 2.31 bits per heavy atom. The van der Waals surface area contributed by atoms with Gasteiger partial charge in [-0.1, -0.05) is 0 Å². The second-order valence-electron chi connectivity index (χ2n) is 3.37. The molecule has 0 saturated heterocycles. The third kappa shape index (κ3) is 3.46. The summed E-state index contributed by atoms with van der Waals surface area (Å²) < 4.78 is 0. The van der Waals surface area contributed by atoms with Gasteiger partial charge >= 0.3 is 0 Å². The molecule has 1 N–H and O–H groups in total. The highest BCUT2D eigenvalue weighted by molar-refractivity contribution is 7.10. The largest absolute Gasteiger partial charge is 0.307 e. The number of likely N-dealkylation sites (N-methyl/N-ethyl adjacent to an activating group) is 1. The van der Waals surface area contributed by atoms with Crippen LogP contribution < -0.4 is 5.32 Å². The third-order valence-electron chi connectivity index (χ3n) is 2.12. The summed E-state index contributed by atoms with van der Waals surface area (Å²) in [6.45, 7) is 4.27. The Hall–Kier alpha value is -0.380. The molecule has 1 rings (SSSR count). The van der Waals surface area contributed by atoms with Gasteiger partial charge in [0.15, 0.2) is 0 Å². The molecule has 74 valence electrons. The van der Waals surface area contributed by atoms with Gasteiger partial charge in [0, 0.05) is 18.1 Å². The number of rotatable bonds is 5. The molecule has 0 aliphatic rings. The number of nitrogens with zero attached hydrogens (tertiary/aromatic N) is 1. The van der Waals surface area contributed by atoms with Gasteiger partial charge in [-0.15, -0.1) is 11.3 Å². The smallest absolute Gasteiger partial charge is 0.0475 e. The Morgan fingerprint density at radius 1 is 1.54 bits per heavy atom. The normalized spacial score (nSPS) is 11.1. The molecule has 1 aromatic heterocycles. The molecule has 3 heteroatoms. The van der Waals surface area contributed by atoms with Gasteiger partial charge < -0.3 is 5.32 Å². The van der Waals surface area contributed by atoms with Gasteiger partial charge in [0.05, 0.1) is 0 Å². The van der Waals surface area contributed by atoms with Crippen molar-refractivity contribution >= 4 is 11.3 Å². The van der Waals surface area contributed by atoms with Crippen molar-refractivity contribution in [2.24, 2.45) is 0 Å². The average Bonchev–Trinajstić information content (AvgIpc) is 2.48. The molecule has 0 radical (unpaired) electrons. The highest BCUT2D eigenvalue weighted by Crippen LogP contribution is 2.15. The van der Waals surface area contributed by atoms with Gasteiger partial charge in [0.2, 0.25) is 0 Å². The predicted molar refractivity (Wildman–Crippen MR) is 59.3 cm³/mol. The molecule has 0 atom stereocenters. The summed E-state index contributed by atoms with van der Waals surface area (Å²) in [5.41, 5.74) is 1.43. The highest BCUT2D eigenvalue weighted by Gasteiger charge is 2.01.